The predicted molar refractivity (Wildman–Crippen MR) is 315 cm³/mol. The smallest absolute Gasteiger partial charge is 0.320 e. The van der Waals surface area contributed by atoms with E-state index < -0.39 is 12.1 Å². The molecule has 14 heteroatoms. The van der Waals surface area contributed by atoms with E-state index in [1.165, 1.54) is 0 Å². The van der Waals surface area contributed by atoms with Gasteiger partial charge in [-0.2, -0.15) is 11.8 Å². The fraction of sp³-hybridized carbons (Fsp3) is 0.508. The molecule has 2 aromatic heterocycles. The molecule has 2 aliphatic heterocycles. The van der Waals surface area contributed by atoms with Crippen LogP contribution >= 0.6 is 11.8 Å². The Balaban J connectivity index is 0.00000235. The fourth-order valence-corrected chi connectivity index (χ4v) is 10.6. The van der Waals surface area contributed by atoms with Gasteiger partial charge in [0.2, 0.25) is 5.91 Å². The van der Waals surface area contributed by atoms with Gasteiger partial charge in [0.25, 0.3) is 6.47 Å². The van der Waals surface area contributed by atoms with Crippen LogP contribution in [0.15, 0.2) is 111 Å². The van der Waals surface area contributed by atoms with Crippen LogP contribution in [0.4, 0.5) is 4.79 Å². The van der Waals surface area contributed by atoms with Gasteiger partial charge >= 0.3 is 6.03 Å². The first-order chi connectivity index (χ1) is 35.9. The van der Waals surface area contributed by atoms with Crippen LogP contribution < -0.4 is 16.5 Å². The van der Waals surface area contributed by atoms with E-state index in [0.29, 0.717) is 38.3 Å². The molecule has 0 radical (unpaired) electrons. The number of amides is 3. The number of likely N-dealkylation sites (tertiary alicyclic amines) is 1. The highest BCUT2D eigenvalue weighted by Gasteiger charge is 2.37. The van der Waals surface area contributed by atoms with Crippen LogP contribution in [0.3, 0.4) is 0 Å². The van der Waals surface area contributed by atoms with E-state index >= 15 is 0 Å². The second kappa shape index (κ2) is 29.5. The Morgan fingerprint density at radius 3 is 2.37 bits per heavy atom. The number of rotatable bonds is 23. The number of nitrogens with zero attached hydrogens (tertiary/aromatic N) is 6. The van der Waals surface area contributed by atoms with Gasteiger partial charge in [-0.25, -0.2) is 10.2 Å². The Bertz CT molecular complexity index is 2540. The van der Waals surface area contributed by atoms with Crippen molar-refractivity contribution in [3.63, 3.8) is 0 Å². The van der Waals surface area contributed by atoms with Crippen LogP contribution in [0, 0.1) is 17.3 Å². The molecule has 0 bridgehead atoms. The zero-order valence-corrected chi connectivity index (χ0v) is 48.2. The van der Waals surface area contributed by atoms with E-state index in [1.54, 1.807) is 29.8 Å². The lowest BCUT2D eigenvalue weighted by Crippen LogP contribution is -2.57. The molecule has 6 rings (SSSR count). The van der Waals surface area contributed by atoms with Crippen LogP contribution in [0.1, 0.15) is 104 Å². The van der Waals surface area contributed by atoms with Gasteiger partial charge in [-0.05, 0) is 136 Å². The summed E-state index contributed by atoms with van der Waals surface area (Å²) in [7, 11) is 1.76. The Kier molecular flexibility index (Phi) is 24.2. The molecule has 13 nitrogen and oxygen atoms in total. The molecule has 4 aromatic rings. The number of aromatic nitrogens is 2. The Labute approximate surface area is 455 Å². The summed E-state index contributed by atoms with van der Waals surface area (Å²) in [5.41, 5.74) is 20.0. The minimum atomic E-state index is -0.703. The average molecular weight is 1050 g/mol. The van der Waals surface area contributed by atoms with Gasteiger partial charge < -0.3 is 40.1 Å². The van der Waals surface area contributed by atoms with Crippen molar-refractivity contribution in [3.8, 4) is 22.4 Å². The van der Waals surface area contributed by atoms with Crippen molar-refractivity contribution in [1.82, 2.24) is 40.0 Å². The van der Waals surface area contributed by atoms with E-state index in [4.69, 9.17) is 15.5 Å². The van der Waals surface area contributed by atoms with Crippen molar-refractivity contribution in [3.05, 3.63) is 128 Å². The van der Waals surface area contributed by atoms with Crippen molar-refractivity contribution >= 4 is 41.1 Å². The number of aryl methyl sites for hydroxylation is 1. The highest BCUT2D eigenvalue weighted by atomic mass is 32.2. The number of carbonyl (C=O) groups is 3. The third kappa shape index (κ3) is 15.9. The number of hydrazine groups is 1. The van der Waals surface area contributed by atoms with Crippen LogP contribution in [-0.4, -0.2) is 125 Å². The molecule has 0 saturated carbocycles. The molecule has 0 spiro atoms. The standard InChI is InChI=1S/C57H81N9O4.C2H6S.C2H4/c1-13-40(8)63(15-3)34-43-26-29-64(35-43)56(69)62(12)53(38(5)6)55(68)60-50(41(9)66-28-19-20-39(7)61-66)31-42-21-17-22-44(30-42)45-24-25-51-47(32-45)48(33-57(10,11)36-70-37-67)54(65(51)16-4)46-23-18-27-59-52(46)49(58)14-2;1-3-2;1-2/h13,17-18,21-25,27,30,32,37-39,43,49-50,53,61H,1,8-9,14-16,19-20,26,28-29,31,33-36,58H2,2-7,10-12H3,(H,60,68);1-2H3;1-2H2. The molecule has 5 unspecified atom stereocenters. The van der Waals surface area contributed by atoms with Gasteiger partial charge in [0, 0.05) is 97.9 Å². The lowest BCUT2D eigenvalue weighted by molar-refractivity contribution is -0.131. The maximum atomic E-state index is 14.7. The normalized spacial score (nSPS) is 16.7. The third-order valence-electron chi connectivity index (χ3n) is 14.4. The topological polar surface area (TPSA) is 141 Å². The Morgan fingerprint density at radius 2 is 1.75 bits per heavy atom. The van der Waals surface area contributed by atoms with Crippen molar-refractivity contribution in [2.75, 3.05) is 58.9 Å². The molecule has 2 saturated heterocycles. The molecule has 75 heavy (non-hydrogen) atoms. The van der Waals surface area contributed by atoms with Crippen LogP contribution in [0.2, 0.25) is 0 Å². The highest BCUT2D eigenvalue weighted by Crippen LogP contribution is 2.42. The maximum absolute atomic E-state index is 14.7. The highest BCUT2D eigenvalue weighted by molar-refractivity contribution is 7.97. The molecular formula is C61H91N9O4S. The van der Waals surface area contributed by atoms with E-state index in [9.17, 15) is 14.4 Å². The molecule has 2 aromatic carbocycles. The largest absolute Gasteiger partial charge is 0.467 e. The minimum Gasteiger partial charge on any atom is -0.467 e. The van der Waals surface area contributed by atoms with Crippen LogP contribution in [0.5, 0.6) is 0 Å². The minimum absolute atomic E-state index is 0.138. The van der Waals surface area contributed by atoms with Gasteiger partial charge in [-0.15, -0.1) is 13.2 Å². The number of ether oxygens (including phenoxy) is 1. The van der Waals surface area contributed by atoms with Crippen molar-refractivity contribution in [2.24, 2.45) is 23.0 Å². The summed E-state index contributed by atoms with van der Waals surface area (Å²) in [5.74, 6) is -0.0577. The molecule has 0 aliphatic carbocycles. The molecule has 2 aliphatic rings. The van der Waals surface area contributed by atoms with Crippen molar-refractivity contribution in [2.45, 2.75) is 125 Å². The summed E-state index contributed by atoms with van der Waals surface area (Å²) in [5, 5.41) is 6.63. The van der Waals surface area contributed by atoms with Crippen molar-refractivity contribution in [1.29, 1.82) is 0 Å². The number of nitrogens with two attached hydrogens (primary N) is 1. The first kappa shape index (κ1) is 61.7. The lowest BCUT2D eigenvalue weighted by Gasteiger charge is -2.39. The summed E-state index contributed by atoms with van der Waals surface area (Å²) in [4.78, 5) is 50.9. The summed E-state index contributed by atoms with van der Waals surface area (Å²) in [6.45, 7) is 40.6. The number of fused-ring (bicyclic) bond motifs is 1. The molecule has 2 fully saturated rings. The monoisotopic (exact) mass is 1050 g/mol. The Morgan fingerprint density at radius 1 is 1.04 bits per heavy atom. The number of nitrogens with one attached hydrogen (secondary N) is 2. The first-order valence-corrected chi connectivity index (χ1v) is 28.5. The number of benzene rings is 2. The number of urea groups is 1. The van der Waals surface area contributed by atoms with Gasteiger partial charge in [0.05, 0.1) is 24.0 Å². The Hall–Kier alpha value is -5.83. The number of allylic oxidation sites excluding steroid dienone is 1. The van der Waals surface area contributed by atoms with Gasteiger partial charge in [-0.3, -0.25) is 14.6 Å². The zero-order chi connectivity index (χ0) is 55.6. The molecule has 4 N–H and O–H groups in total. The maximum Gasteiger partial charge on any atom is 0.320 e. The van der Waals surface area contributed by atoms with E-state index in [-0.39, 0.29) is 42.0 Å². The number of hydrogen-bond acceptors (Lipinski definition) is 10. The number of thioether (sulfide) groups is 1. The second-order valence-corrected chi connectivity index (χ2v) is 21.9. The number of pyridine rings is 1. The summed E-state index contributed by atoms with van der Waals surface area (Å²) in [6.07, 6.45) is 12.5. The van der Waals surface area contributed by atoms with E-state index in [2.05, 4.69) is 148 Å². The van der Waals surface area contributed by atoms with Crippen LogP contribution in [-0.2, 0) is 33.7 Å². The summed E-state index contributed by atoms with van der Waals surface area (Å²) in [6, 6.07) is 18.0. The van der Waals surface area contributed by atoms with Crippen molar-refractivity contribution < 1.29 is 19.1 Å². The number of hydrogen-bond donors (Lipinski definition) is 3. The quantitative estimate of drug-likeness (QED) is 0.0373. The third-order valence-corrected chi connectivity index (χ3v) is 14.4. The molecule has 4 heterocycles. The average Bonchev–Trinajstić information content (AvgIpc) is 4.00. The number of carbonyl (C=O) groups excluding carboxylic acids is 3. The molecular weight excluding hydrogens is 955 g/mol. The second-order valence-electron chi connectivity index (χ2n) is 21.1. The van der Waals surface area contributed by atoms with Gasteiger partial charge in [-0.1, -0.05) is 84.7 Å². The predicted octanol–water partition coefficient (Wildman–Crippen LogP) is 11.3. The van der Waals surface area contributed by atoms with Gasteiger partial charge in [0.1, 0.15) is 6.04 Å². The first-order valence-electron chi connectivity index (χ1n) is 26.9. The van der Waals surface area contributed by atoms with Gasteiger partial charge in [0.15, 0.2) is 0 Å². The molecule has 3 amide bonds. The van der Waals surface area contributed by atoms with E-state index in [1.807, 2.05) is 43.5 Å². The molecule has 5 atom stereocenters. The SMILES string of the molecule is C=C.C=CC(=C)N(CC)CC1CCN(C(=O)N(C)C(C(=O)NC(Cc2cccc(-c3ccc4c(c3)c(CC(C)(C)COC=O)c(-c3cccnc3C(N)CC)n4CC)c2)C(=C)N2CCCC(C)N2)C(C)C)C1.CSC. The lowest BCUT2D eigenvalue weighted by atomic mass is 9.84. The fourth-order valence-electron chi connectivity index (χ4n) is 10.6. The van der Waals surface area contributed by atoms with E-state index in [0.717, 1.165) is 113 Å². The van der Waals surface area contributed by atoms with Crippen LogP contribution in [0.25, 0.3) is 33.3 Å². The summed E-state index contributed by atoms with van der Waals surface area (Å²) < 4.78 is 7.73. The summed E-state index contributed by atoms with van der Waals surface area (Å²) >= 11 is 1.75. The zero-order valence-electron chi connectivity index (χ0n) is 47.4. The molecule has 410 valence electrons. The number of likely N-dealkylation sites (N-methyl/N-ethyl adjacent to an activating group) is 2.